The Balaban J connectivity index is 2.22. The van der Waals surface area contributed by atoms with Gasteiger partial charge in [0.15, 0.2) is 0 Å². The fraction of sp³-hybridized carbons (Fsp3) is 0.500. The van der Waals surface area contributed by atoms with Crippen LogP contribution in [0.2, 0.25) is 0 Å². The Kier molecular flexibility index (Phi) is 4.26. The van der Waals surface area contributed by atoms with Crippen molar-refractivity contribution in [1.29, 1.82) is 0 Å². The first kappa shape index (κ1) is 15.8. The molecule has 0 bridgehead atoms. The van der Waals surface area contributed by atoms with Crippen LogP contribution in [0, 0.1) is 28.8 Å². The van der Waals surface area contributed by atoms with Crippen LogP contribution in [0.4, 0.5) is 10.1 Å². The zero-order chi connectivity index (χ0) is 15.8. The molecule has 0 amide bonds. The molecule has 1 saturated carbocycles. The van der Waals surface area contributed by atoms with Crippen LogP contribution < -0.4 is 4.72 Å². The van der Waals surface area contributed by atoms with Gasteiger partial charge in [-0.3, -0.25) is 10.1 Å². The number of aliphatic hydroxyl groups is 1. The topological polar surface area (TPSA) is 110 Å². The minimum atomic E-state index is -3.96. The normalized spacial score (nSPS) is 21.9. The van der Waals surface area contributed by atoms with Gasteiger partial charge in [0.2, 0.25) is 15.8 Å². The van der Waals surface area contributed by atoms with E-state index in [9.17, 15) is 22.9 Å². The number of aryl methyl sites for hydroxylation is 1. The van der Waals surface area contributed by atoms with Gasteiger partial charge in [-0.2, -0.15) is 4.39 Å². The van der Waals surface area contributed by atoms with E-state index in [1.165, 1.54) is 6.92 Å². The summed E-state index contributed by atoms with van der Waals surface area (Å²) in [5.41, 5.74) is -0.778. The van der Waals surface area contributed by atoms with Gasteiger partial charge in [0, 0.05) is 12.6 Å². The van der Waals surface area contributed by atoms with E-state index in [1.54, 1.807) is 0 Å². The highest BCUT2D eigenvalue weighted by molar-refractivity contribution is 7.89. The zero-order valence-corrected chi connectivity index (χ0v) is 12.1. The second kappa shape index (κ2) is 5.66. The van der Waals surface area contributed by atoms with Crippen molar-refractivity contribution in [3.05, 3.63) is 33.6 Å². The molecule has 0 unspecified atom stereocenters. The average molecular weight is 318 g/mol. The van der Waals surface area contributed by atoms with Crippen molar-refractivity contribution in [3.63, 3.8) is 0 Å². The minimum absolute atomic E-state index is 0.0468. The summed E-state index contributed by atoms with van der Waals surface area (Å²) in [4.78, 5) is 9.42. The first-order valence-electron chi connectivity index (χ1n) is 6.33. The molecule has 2 rings (SSSR count). The zero-order valence-electron chi connectivity index (χ0n) is 11.2. The van der Waals surface area contributed by atoms with Crippen molar-refractivity contribution >= 4 is 15.7 Å². The second-order valence-corrected chi connectivity index (χ2v) is 6.90. The number of rotatable bonds is 5. The van der Waals surface area contributed by atoms with Crippen molar-refractivity contribution in [2.45, 2.75) is 30.8 Å². The van der Waals surface area contributed by atoms with E-state index in [0.717, 1.165) is 12.1 Å². The van der Waals surface area contributed by atoms with Crippen LogP contribution in [0.5, 0.6) is 0 Å². The molecule has 2 N–H and O–H groups in total. The number of nitrogens with one attached hydrogen (secondary N) is 1. The maximum atomic E-state index is 13.4. The first-order valence-corrected chi connectivity index (χ1v) is 7.81. The van der Waals surface area contributed by atoms with Crippen molar-refractivity contribution in [3.8, 4) is 0 Å². The molecule has 0 saturated heterocycles. The Bertz CT molecular complexity index is 670. The fourth-order valence-electron chi connectivity index (χ4n) is 2.24. The highest BCUT2D eigenvalue weighted by atomic mass is 32.2. The second-order valence-electron chi connectivity index (χ2n) is 5.17. The number of hydrogen-bond acceptors (Lipinski definition) is 5. The molecule has 116 valence electrons. The molecular weight excluding hydrogens is 303 g/mol. The van der Waals surface area contributed by atoms with E-state index in [2.05, 4.69) is 4.72 Å². The van der Waals surface area contributed by atoms with Gasteiger partial charge in [0.1, 0.15) is 0 Å². The molecule has 1 aliphatic rings. The predicted octanol–water partition coefficient (Wildman–Crippen LogP) is 1.09. The highest BCUT2D eigenvalue weighted by Gasteiger charge is 2.30. The third kappa shape index (κ3) is 3.36. The monoisotopic (exact) mass is 318 g/mol. The Morgan fingerprint density at radius 1 is 1.48 bits per heavy atom. The Labute approximate surface area is 121 Å². The number of benzene rings is 1. The lowest BCUT2D eigenvalue weighted by Crippen LogP contribution is -2.38. The smallest absolute Gasteiger partial charge is 0.306 e. The van der Waals surface area contributed by atoms with Gasteiger partial charge in [-0.25, -0.2) is 13.1 Å². The molecule has 1 aliphatic carbocycles. The fourth-order valence-corrected chi connectivity index (χ4v) is 3.60. The lowest BCUT2D eigenvalue weighted by molar-refractivity contribution is -0.387. The SMILES string of the molecule is Cc1cc(F)c([N+](=O)[O-])cc1S(=O)(=O)NCC1CC(O)C1. The van der Waals surface area contributed by atoms with Gasteiger partial charge in [-0.1, -0.05) is 0 Å². The summed E-state index contributed by atoms with van der Waals surface area (Å²) in [6.07, 6.45) is 0.643. The molecule has 1 aromatic carbocycles. The van der Waals surface area contributed by atoms with Crippen LogP contribution in [0.1, 0.15) is 18.4 Å². The van der Waals surface area contributed by atoms with Crippen molar-refractivity contribution in [2.24, 2.45) is 5.92 Å². The largest absolute Gasteiger partial charge is 0.393 e. The number of aliphatic hydroxyl groups excluding tert-OH is 1. The van der Waals surface area contributed by atoms with Crippen LogP contribution in [0.3, 0.4) is 0 Å². The number of hydrogen-bond donors (Lipinski definition) is 2. The summed E-state index contributed by atoms with van der Waals surface area (Å²) in [7, 11) is -3.96. The van der Waals surface area contributed by atoms with E-state index in [-0.39, 0.29) is 22.9 Å². The predicted molar refractivity (Wildman–Crippen MR) is 71.7 cm³/mol. The van der Waals surface area contributed by atoms with Gasteiger partial charge in [0.05, 0.1) is 15.9 Å². The summed E-state index contributed by atoms with van der Waals surface area (Å²) in [6, 6.07) is 1.56. The van der Waals surface area contributed by atoms with Crippen LogP contribution in [0.15, 0.2) is 17.0 Å². The van der Waals surface area contributed by atoms with Gasteiger partial charge >= 0.3 is 5.69 Å². The van der Waals surface area contributed by atoms with Crippen LogP contribution in [0.25, 0.3) is 0 Å². The maximum Gasteiger partial charge on any atom is 0.306 e. The number of halogens is 1. The molecule has 7 nitrogen and oxygen atoms in total. The van der Waals surface area contributed by atoms with Crippen LogP contribution in [-0.4, -0.2) is 31.1 Å². The molecule has 9 heteroatoms. The van der Waals surface area contributed by atoms with E-state index in [1.807, 2.05) is 0 Å². The molecule has 0 aliphatic heterocycles. The van der Waals surface area contributed by atoms with Gasteiger partial charge in [-0.05, 0) is 37.3 Å². The van der Waals surface area contributed by atoms with E-state index < -0.39 is 32.6 Å². The number of sulfonamides is 1. The minimum Gasteiger partial charge on any atom is -0.393 e. The van der Waals surface area contributed by atoms with Gasteiger partial charge in [0.25, 0.3) is 0 Å². The molecule has 0 atom stereocenters. The third-order valence-corrected chi connectivity index (χ3v) is 5.07. The van der Waals surface area contributed by atoms with E-state index in [4.69, 9.17) is 5.11 Å². The Morgan fingerprint density at radius 2 is 2.10 bits per heavy atom. The standard InChI is InChI=1S/C12H15FN2O5S/c1-7-2-10(13)11(15(17)18)5-12(7)21(19,20)14-6-8-3-9(16)4-8/h2,5,8-9,14,16H,3-4,6H2,1H3. The molecule has 0 aromatic heterocycles. The maximum absolute atomic E-state index is 13.4. The lowest BCUT2D eigenvalue weighted by Gasteiger charge is -2.31. The number of nitro groups is 1. The van der Waals surface area contributed by atoms with Crippen molar-refractivity contribution in [1.82, 2.24) is 4.72 Å². The van der Waals surface area contributed by atoms with Crippen molar-refractivity contribution in [2.75, 3.05) is 6.54 Å². The van der Waals surface area contributed by atoms with E-state index >= 15 is 0 Å². The average Bonchev–Trinajstić information content (AvgIpc) is 2.32. The molecular formula is C12H15FN2O5S. The van der Waals surface area contributed by atoms with Crippen molar-refractivity contribution < 1.29 is 22.8 Å². The van der Waals surface area contributed by atoms with Gasteiger partial charge in [-0.15, -0.1) is 0 Å². The number of nitrogens with zero attached hydrogens (tertiary/aromatic N) is 1. The first-order chi connectivity index (χ1) is 9.70. The molecule has 1 fully saturated rings. The molecule has 1 aromatic rings. The summed E-state index contributed by atoms with van der Waals surface area (Å²) in [6.45, 7) is 1.51. The summed E-state index contributed by atoms with van der Waals surface area (Å²) >= 11 is 0. The Hall–Kier alpha value is -1.58. The molecule has 21 heavy (non-hydrogen) atoms. The van der Waals surface area contributed by atoms with Crippen LogP contribution >= 0.6 is 0 Å². The lowest BCUT2D eigenvalue weighted by atomic mass is 9.83. The molecule has 0 spiro atoms. The van der Waals surface area contributed by atoms with Crippen LogP contribution in [-0.2, 0) is 10.0 Å². The summed E-state index contributed by atoms with van der Waals surface area (Å²) in [5.74, 6) is -1.02. The third-order valence-electron chi connectivity index (χ3n) is 3.50. The highest BCUT2D eigenvalue weighted by Crippen LogP contribution is 2.28. The van der Waals surface area contributed by atoms with E-state index in [0.29, 0.717) is 12.8 Å². The molecule has 0 heterocycles. The number of nitro benzene ring substituents is 1. The summed E-state index contributed by atoms with van der Waals surface area (Å²) in [5, 5.41) is 19.8. The molecule has 0 radical (unpaired) electrons. The Morgan fingerprint density at radius 3 is 2.62 bits per heavy atom. The van der Waals surface area contributed by atoms with Gasteiger partial charge < -0.3 is 5.11 Å². The summed E-state index contributed by atoms with van der Waals surface area (Å²) < 4.78 is 40.0. The quantitative estimate of drug-likeness (QED) is 0.624.